The van der Waals surface area contributed by atoms with Crippen molar-refractivity contribution in [2.24, 2.45) is 0 Å². The molecule has 0 fully saturated rings. The summed E-state index contributed by atoms with van der Waals surface area (Å²) in [5, 5.41) is 14.3. The molecule has 9 heteroatoms. The lowest BCUT2D eigenvalue weighted by Crippen LogP contribution is -2.30. The standard InChI is InChI=1S/C18H17F2N5O2/c1-3-17-22-23-24-25(17)16-7-5-4-6-15(16)21-18(26)11(2)27-12-8-9-13(19)14(20)10-12/h4-11H,3H2,1-2H3,(H,21,26). The summed E-state index contributed by atoms with van der Waals surface area (Å²) in [6.45, 7) is 3.43. The monoisotopic (exact) mass is 373 g/mol. The first-order valence-corrected chi connectivity index (χ1v) is 8.28. The molecule has 0 saturated heterocycles. The Kier molecular flexibility index (Phi) is 5.39. The Labute approximate surface area is 154 Å². The number of nitrogens with one attached hydrogen (secondary N) is 1. The van der Waals surface area contributed by atoms with Gasteiger partial charge >= 0.3 is 0 Å². The number of benzene rings is 2. The predicted octanol–water partition coefficient (Wildman–Crippen LogP) is 2.91. The van der Waals surface area contributed by atoms with Crippen molar-refractivity contribution in [2.45, 2.75) is 26.4 Å². The van der Waals surface area contributed by atoms with Crippen LogP contribution in [0.5, 0.6) is 5.75 Å². The average Bonchev–Trinajstić information content (AvgIpc) is 3.13. The topological polar surface area (TPSA) is 81.9 Å². The Bertz CT molecular complexity index is 960. The van der Waals surface area contributed by atoms with E-state index in [-0.39, 0.29) is 5.75 Å². The Hall–Kier alpha value is -3.36. The molecule has 1 heterocycles. The van der Waals surface area contributed by atoms with Crippen molar-refractivity contribution in [3.8, 4) is 11.4 Å². The molecular formula is C18H17F2N5O2. The van der Waals surface area contributed by atoms with Crippen LogP contribution in [0.3, 0.4) is 0 Å². The molecule has 0 spiro atoms. The van der Waals surface area contributed by atoms with Crippen LogP contribution in [0.25, 0.3) is 5.69 Å². The molecule has 1 unspecified atom stereocenters. The number of amides is 1. The largest absolute Gasteiger partial charge is 0.481 e. The highest BCUT2D eigenvalue weighted by atomic mass is 19.2. The average molecular weight is 373 g/mol. The first-order valence-electron chi connectivity index (χ1n) is 8.28. The van der Waals surface area contributed by atoms with Gasteiger partial charge in [-0.1, -0.05) is 19.1 Å². The van der Waals surface area contributed by atoms with Gasteiger partial charge in [0.2, 0.25) is 0 Å². The van der Waals surface area contributed by atoms with E-state index in [1.54, 1.807) is 24.3 Å². The number of hydrogen-bond donors (Lipinski definition) is 1. The number of anilines is 1. The van der Waals surface area contributed by atoms with Crippen molar-refractivity contribution in [3.05, 3.63) is 59.9 Å². The van der Waals surface area contributed by atoms with Gasteiger partial charge in [-0.3, -0.25) is 4.79 Å². The SMILES string of the molecule is CCc1nnnn1-c1ccccc1NC(=O)C(C)Oc1ccc(F)c(F)c1. The fraction of sp³-hybridized carbons (Fsp3) is 0.222. The summed E-state index contributed by atoms with van der Waals surface area (Å²) in [5.74, 6) is -1.79. The van der Waals surface area contributed by atoms with Crippen LogP contribution < -0.4 is 10.1 Å². The molecule has 3 aromatic rings. The molecule has 2 aromatic carbocycles. The number of rotatable bonds is 6. The van der Waals surface area contributed by atoms with Crippen LogP contribution in [0.4, 0.5) is 14.5 Å². The van der Waals surface area contributed by atoms with Crippen LogP contribution in [-0.4, -0.2) is 32.2 Å². The predicted molar refractivity (Wildman–Crippen MR) is 93.6 cm³/mol. The van der Waals surface area contributed by atoms with E-state index in [9.17, 15) is 13.6 Å². The molecule has 0 saturated carbocycles. The summed E-state index contributed by atoms with van der Waals surface area (Å²) in [5.41, 5.74) is 1.10. The van der Waals surface area contributed by atoms with Crippen molar-refractivity contribution in [1.29, 1.82) is 0 Å². The minimum absolute atomic E-state index is 0.0542. The molecule has 7 nitrogen and oxygen atoms in total. The molecule has 0 bridgehead atoms. The molecule has 0 aliphatic rings. The van der Waals surface area contributed by atoms with Crippen molar-refractivity contribution in [2.75, 3.05) is 5.32 Å². The zero-order valence-corrected chi connectivity index (χ0v) is 14.7. The first-order chi connectivity index (χ1) is 13.0. The van der Waals surface area contributed by atoms with E-state index in [0.29, 0.717) is 23.6 Å². The summed E-state index contributed by atoms with van der Waals surface area (Å²) >= 11 is 0. The summed E-state index contributed by atoms with van der Waals surface area (Å²) in [4.78, 5) is 12.5. The fourth-order valence-corrected chi connectivity index (χ4v) is 2.42. The first kappa shape index (κ1) is 18.4. The normalized spacial score (nSPS) is 11.9. The minimum atomic E-state index is -1.05. The molecule has 140 valence electrons. The van der Waals surface area contributed by atoms with E-state index in [0.717, 1.165) is 12.1 Å². The third-order valence-electron chi connectivity index (χ3n) is 3.81. The van der Waals surface area contributed by atoms with E-state index in [4.69, 9.17) is 4.74 Å². The molecule has 1 amide bonds. The number of aromatic nitrogens is 4. The van der Waals surface area contributed by atoms with Gasteiger partial charge in [-0.25, -0.2) is 8.78 Å². The van der Waals surface area contributed by atoms with Gasteiger partial charge in [-0.15, -0.1) is 5.10 Å². The van der Waals surface area contributed by atoms with E-state index in [1.165, 1.54) is 17.7 Å². The Morgan fingerprint density at radius 3 is 2.74 bits per heavy atom. The van der Waals surface area contributed by atoms with Gasteiger partial charge in [0.25, 0.3) is 5.91 Å². The van der Waals surface area contributed by atoms with Gasteiger partial charge < -0.3 is 10.1 Å². The highest BCUT2D eigenvalue weighted by Crippen LogP contribution is 2.21. The summed E-state index contributed by atoms with van der Waals surface area (Å²) in [7, 11) is 0. The number of halogens is 2. The maximum Gasteiger partial charge on any atom is 0.265 e. The number of nitrogens with zero attached hydrogens (tertiary/aromatic N) is 4. The van der Waals surface area contributed by atoms with Crippen molar-refractivity contribution in [1.82, 2.24) is 20.2 Å². The minimum Gasteiger partial charge on any atom is -0.481 e. The van der Waals surface area contributed by atoms with E-state index >= 15 is 0 Å². The van der Waals surface area contributed by atoms with Crippen molar-refractivity contribution < 1.29 is 18.3 Å². The molecular weight excluding hydrogens is 356 g/mol. The van der Waals surface area contributed by atoms with Gasteiger partial charge in [-0.05, 0) is 41.6 Å². The van der Waals surface area contributed by atoms with Crippen molar-refractivity contribution in [3.63, 3.8) is 0 Å². The molecule has 1 aromatic heterocycles. The second-order valence-corrected chi connectivity index (χ2v) is 5.70. The quantitative estimate of drug-likeness (QED) is 0.718. The third kappa shape index (κ3) is 4.08. The second-order valence-electron chi connectivity index (χ2n) is 5.70. The highest BCUT2D eigenvalue weighted by Gasteiger charge is 2.18. The lowest BCUT2D eigenvalue weighted by atomic mass is 10.2. The number of tetrazole rings is 1. The van der Waals surface area contributed by atoms with Crippen LogP contribution in [0.2, 0.25) is 0 Å². The zero-order valence-electron chi connectivity index (χ0n) is 14.7. The molecule has 27 heavy (non-hydrogen) atoms. The lowest BCUT2D eigenvalue weighted by molar-refractivity contribution is -0.122. The zero-order chi connectivity index (χ0) is 19.4. The number of aryl methyl sites for hydroxylation is 1. The van der Waals surface area contributed by atoms with Crippen molar-refractivity contribution >= 4 is 11.6 Å². The van der Waals surface area contributed by atoms with Gasteiger partial charge in [0, 0.05) is 12.5 Å². The smallest absolute Gasteiger partial charge is 0.265 e. The summed E-state index contributed by atoms with van der Waals surface area (Å²) in [6.07, 6.45) is -0.326. The molecule has 3 rings (SSSR count). The van der Waals surface area contributed by atoms with Gasteiger partial charge in [-0.2, -0.15) is 4.68 Å². The van der Waals surface area contributed by atoms with Gasteiger partial charge in [0.05, 0.1) is 11.4 Å². The molecule has 1 N–H and O–H groups in total. The van der Waals surface area contributed by atoms with Crippen LogP contribution in [-0.2, 0) is 11.2 Å². The maximum atomic E-state index is 13.3. The summed E-state index contributed by atoms with van der Waals surface area (Å²) < 4.78 is 33.2. The number of carbonyl (C=O) groups is 1. The Balaban J connectivity index is 1.77. The Morgan fingerprint density at radius 2 is 2.00 bits per heavy atom. The van der Waals surface area contributed by atoms with E-state index in [2.05, 4.69) is 20.8 Å². The third-order valence-corrected chi connectivity index (χ3v) is 3.81. The number of ether oxygens (including phenoxy) is 1. The van der Waals surface area contributed by atoms with Crippen LogP contribution >= 0.6 is 0 Å². The maximum absolute atomic E-state index is 13.3. The number of para-hydroxylation sites is 2. The lowest BCUT2D eigenvalue weighted by Gasteiger charge is -2.16. The molecule has 1 atom stereocenters. The fourth-order valence-electron chi connectivity index (χ4n) is 2.42. The summed E-state index contributed by atoms with van der Waals surface area (Å²) in [6, 6.07) is 10.1. The molecule has 0 aliphatic heterocycles. The molecule has 0 aliphatic carbocycles. The van der Waals surface area contributed by atoms with Crippen LogP contribution in [0.1, 0.15) is 19.7 Å². The number of hydrogen-bond acceptors (Lipinski definition) is 5. The van der Waals surface area contributed by atoms with Gasteiger partial charge in [0.1, 0.15) is 5.75 Å². The molecule has 0 radical (unpaired) electrons. The van der Waals surface area contributed by atoms with E-state index in [1.807, 2.05) is 6.92 Å². The highest BCUT2D eigenvalue weighted by molar-refractivity contribution is 5.95. The van der Waals surface area contributed by atoms with Crippen LogP contribution in [0.15, 0.2) is 42.5 Å². The number of carbonyl (C=O) groups excluding carboxylic acids is 1. The van der Waals surface area contributed by atoms with E-state index < -0.39 is 23.6 Å². The Morgan fingerprint density at radius 1 is 1.22 bits per heavy atom. The van der Waals surface area contributed by atoms with Crippen LogP contribution in [0, 0.1) is 11.6 Å². The van der Waals surface area contributed by atoms with Gasteiger partial charge in [0.15, 0.2) is 23.6 Å². The second kappa shape index (κ2) is 7.90.